The second kappa shape index (κ2) is 5.65. The molecule has 2 aromatic rings. The molecule has 2 rings (SSSR count). The Morgan fingerprint density at radius 2 is 2.18 bits per heavy atom. The third-order valence-corrected chi connectivity index (χ3v) is 3.11. The van der Waals surface area contributed by atoms with Crippen LogP contribution in [0.1, 0.15) is 11.7 Å². The van der Waals surface area contributed by atoms with Crippen LogP contribution in [-0.2, 0) is 0 Å². The van der Waals surface area contributed by atoms with Crippen LogP contribution >= 0.6 is 11.3 Å². The van der Waals surface area contributed by atoms with Gasteiger partial charge in [-0.1, -0.05) is 6.07 Å². The third-order valence-electron chi connectivity index (χ3n) is 2.41. The zero-order valence-electron chi connectivity index (χ0n) is 9.55. The van der Waals surface area contributed by atoms with E-state index in [9.17, 15) is 5.11 Å². The Hall–Kier alpha value is -1.59. The molecule has 0 aliphatic heterocycles. The van der Waals surface area contributed by atoms with Crippen LogP contribution in [0.15, 0.2) is 35.0 Å². The fourth-order valence-electron chi connectivity index (χ4n) is 1.46. The first-order chi connectivity index (χ1) is 8.29. The van der Waals surface area contributed by atoms with Gasteiger partial charge in [-0.3, -0.25) is 0 Å². The molecular weight excluding hydrogens is 234 g/mol. The van der Waals surface area contributed by atoms with Gasteiger partial charge in [-0.15, -0.1) is 0 Å². The number of rotatable bonds is 5. The van der Waals surface area contributed by atoms with Crippen molar-refractivity contribution in [1.82, 2.24) is 4.98 Å². The highest BCUT2D eigenvalue weighted by Crippen LogP contribution is 2.17. The maximum absolute atomic E-state index is 9.90. The van der Waals surface area contributed by atoms with E-state index >= 15 is 0 Å². The number of nitrogens with one attached hydrogen (secondary N) is 2. The second-order valence-electron chi connectivity index (χ2n) is 3.61. The predicted octanol–water partition coefficient (Wildman–Crippen LogP) is 2.33. The zero-order chi connectivity index (χ0) is 12.1. The van der Waals surface area contributed by atoms with Crippen LogP contribution in [0.2, 0.25) is 0 Å². The molecule has 90 valence electrons. The molecule has 17 heavy (non-hydrogen) atoms. The van der Waals surface area contributed by atoms with Crippen LogP contribution in [0.25, 0.3) is 0 Å². The maximum Gasteiger partial charge on any atom is 0.128 e. The molecule has 0 amide bonds. The van der Waals surface area contributed by atoms with E-state index in [1.54, 1.807) is 11.3 Å². The number of nitrogens with zero attached hydrogens (tertiary/aromatic N) is 1. The lowest BCUT2D eigenvalue weighted by Gasteiger charge is -2.11. The van der Waals surface area contributed by atoms with Crippen LogP contribution in [-0.4, -0.2) is 23.7 Å². The van der Waals surface area contributed by atoms with Crippen molar-refractivity contribution in [2.45, 2.75) is 6.10 Å². The van der Waals surface area contributed by atoms with E-state index in [1.165, 1.54) is 0 Å². The van der Waals surface area contributed by atoms with Gasteiger partial charge in [0.25, 0.3) is 0 Å². The van der Waals surface area contributed by atoms with E-state index in [0.29, 0.717) is 6.54 Å². The SMILES string of the molecule is CNc1cccc(NCC(O)c2ccsc2)n1. The van der Waals surface area contributed by atoms with Gasteiger partial charge < -0.3 is 15.7 Å². The molecule has 0 aliphatic carbocycles. The van der Waals surface area contributed by atoms with Gasteiger partial charge in [0.1, 0.15) is 11.6 Å². The van der Waals surface area contributed by atoms with Crippen LogP contribution < -0.4 is 10.6 Å². The Labute approximate surface area is 104 Å². The molecule has 0 fully saturated rings. The fraction of sp³-hybridized carbons (Fsp3) is 0.250. The van der Waals surface area contributed by atoms with Gasteiger partial charge >= 0.3 is 0 Å². The lowest BCUT2D eigenvalue weighted by atomic mass is 10.2. The number of anilines is 2. The molecular formula is C12H15N3OS. The zero-order valence-corrected chi connectivity index (χ0v) is 10.4. The monoisotopic (exact) mass is 249 g/mol. The quantitative estimate of drug-likeness (QED) is 0.761. The minimum absolute atomic E-state index is 0.455. The van der Waals surface area contributed by atoms with Crippen LogP contribution in [0.5, 0.6) is 0 Å². The highest BCUT2D eigenvalue weighted by molar-refractivity contribution is 7.07. The van der Waals surface area contributed by atoms with Crippen molar-refractivity contribution in [3.63, 3.8) is 0 Å². The summed E-state index contributed by atoms with van der Waals surface area (Å²) >= 11 is 1.58. The van der Waals surface area contributed by atoms with E-state index in [2.05, 4.69) is 15.6 Å². The summed E-state index contributed by atoms with van der Waals surface area (Å²) in [5.41, 5.74) is 0.937. The summed E-state index contributed by atoms with van der Waals surface area (Å²) in [7, 11) is 1.83. The summed E-state index contributed by atoms with van der Waals surface area (Å²) in [6, 6.07) is 7.61. The summed E-state index contributed by atoms with van der Waals surface area (Å²) in [5, 5.41) is 19.9. The van der Waals surface area contributed by atoms with Gasteiger partial charge in [-0.05, 0) is 34.5 Å². The Kier molecular flexibility index (Phi) is 3.95. The van der Waals surface area contributed by atoms with Crippen LogP contribution in [0.4, 0.5) is 11.6 Å². The molecule has 1 atom stereocenters. The molecule has 2 heterocycles. The number of thiophene rings is 1. The number of aliphatic hydroxyl groups is 1. The van der Waals surface area contributed by atoms with Crippen molar-refractivity contribution in [3.05, 3.63) is 40.6 Å². The summed E-state index contributed by atoms with van der Waals surface area (Å²) in [6.07, 6.45) is -0.499. The Morgan fingerprint density at radius 1 is 1.35 bits per heavy atom. The van der Waals surface area contributed by atoms with Crippen molar-refractivity contribution in [3.8, 4) is 0 Å². The Morgan fingerprint density at radius 3 is 2.88 bits per heavy atom. The number of hydrogen-bond acceptors (Lipinski definition) is 5. The van der Waals surface area contributed by atoms with Crippen molar-refractivity contribution < 1.29 is 5.11 Å². The number of hydrogen-bond donors (Lipinski definition) is 3. The molecule has 0 bridgehead atoms. The standard InChI is InChI=1S/C12H15N3OS/c1-13-11-3-2-4-12(15-11)14-7-10(16)9-5-6-17-8-9/h2-6,8,10,16H,7H2,1H3,(H2,13,14,15). The molecule has 0 saturated heterocycles. The second-order valence-corrected chi connectivity index (χ2v) is 4.39. The minimum atomic E-state index is -0.499. The van der Waals surface area contributed by atoms with Gasteiger partial charge in [0.2, 0.25) is 0 Å². The highest BCUT2D eigenvalue weighted by atomic mass is 32.1. The predicted molar refractivity (Wildman–Crippen MR) is 71.6 cm³/mol. The molecule has 3 N–H and O–H groups in total. The van der Waals surface area contributed by atoms with E-state index < -0.39 is 6.10 Å². The molecule has 0 aliphatic rings. The van der Waals surface area contributed by atoms with Crippen LogP contribution in [0, 0.1) is 0 Å². The normalized spacial score (nSPS) is 12.1. The third kappa shape index (κ3) is 3.18. The fourth-order valence-corrected chi connectivity index (χ4v) is 2.16. The van der Waals surface area contributed by atoms with E-state index in [0.717, 1.165) is 17.2 Å². The smallest absolute Gasteiger partial charge is 0.128 e. The molecule has 0 spiro atoms. The molecule has 0 saturated carbocycles. The summed E-state index contributed by atoms with van der Waals surface area (Å²) in [6.45, 7) is 0.455. The molecule has 4 nitrogen and oxygen atoms in total. The average Bonchev–Trinajstić information content (AvgIpc) is 2.90. The first-order valence-corrected chi connectivity index (χ1v) is 6.32. The van der Waals surface area contributed by atoms with E-state index in [4.69, 9.17) is 0 Å². The molecule has 5 heteroatoms. The maximum atomic E-state index is 9.90. The minimum Gasteiger partial charge on any atom is -0.387 e. The first kappa shape index (κ1) is 11.9. The van der Waals surface area contributed by atoms with Crippen molar-refractivity contribution in [1.29, 1.82) is 0 Å². The van der Waals surface area contributed by atoms with Gasteiger partial charge in [0, 0.05) is 13.6 Å². The summed E-state index contributed by atoms with van der Waals surface area (Å²) in [5.74, 6) is 1.56. The topological polar surface area (TPSA) is 57.2 Å². The number of pyridine rings is 1. The molecule has 1 unspecified atom stereocenters. The van der Waals surface area contributed by atoms with E-state index in [-0.39, 0.29) is 0 Å². The van der Waals surface area contributed by atoms with Crippen LogP contribution in [0.3, 0.4) is 0 Å². The molecule has 0 aromatic carbocycles. The van der Waals surface area contributed by atoms with Gasteiger partial charge in [-0.2, -0.15) is 11.3 Å². The van der Waals surface area contributed by atoms with Crippen molar-refractivity contribution in [2.75, 3.05) is 24.2 Å². The molecule has 2 aromatic heterocycles. The summed E-state index contributed by atoms with van der Waals surface area (Å²) in [4.78, 5) is 4.31. The van der Waals surface area contributed by atoms with Crippen molar-refractivity contribution >= 4 is 23.0 Å². The number of aromatic nitrogens is 1. The lowest BCUT2D eigenvalue weighted by molar-refractivity contribution is 0.192. The summed E-state index contributed by atoms with van der Waals surface area (Å²) < 4.78 is 0. The highest BCUT2D eigenvalue weighted by Gasteiger charge is 2.07. The lowest BCUT2D eigenvalue weighted by Crippen LogP contribution is -2.12. The first-order valence-electron chi connectivity index (χ1n) is 5.38. The van der Waals surface area contributed by atoms with Gasteiger partial charge in [0.15, 0.2) is 0 Å². The average molecular weight is 249 g/mol. The van der Waals surface area contributed by atoms with Gasteiger partial charge in [0.05, 0.1) is 6.10 Å². The largest absolute Gasteiger partial charge is 0.387 e. The Bertz CT molecular complexity index is 459. The van der Waals surface area contributed by atoms with E-state index in [1.807, 2.05) is 42.1 Å². The molecule has 0 radical (unpaired) electrons. The number of aliphatic hydroxyl groups excluding tert-OH is 1. The Balaban J connectivity index is 1.93. The van der Waals surface area contributed by atoms with Crippen molar-refractivity contribution in [2.24, 2.45) is 0 Å². The van der Waals surface area contributed by atoms with Gasteiger partial charge in [-0.25, -0.2) is 4.98 Å².